The van der Waals surface area contributed by atoms with Crippen LogP contribution in [0.4, 0.5) is 5.69 Å². The quantitative estimate of drug-likeness (QED) is 0.760. The van der Waals surface area contributed by atoms with Crippen LogP contribution in [-0.2, 0) is 19.4 Å². The van der Waals surface area contributed by atoms with Crippen molar-refractivity contribution in [2.75, 3.05) is 25.3 Å². The van der Waals surface area contributed by atoms with Crippen LogP contribution in [0.3, 0.4) is 0 Å². The van der Waals surface area contributed by atoms with Crippen molar-refractivity contribution in [3.05, 3.63) is 53.1 Å². The van der Waals surface area contributed by atoms with E-state index >= 15 is 0 Å². The minimum absolute atomic E-state index is 0.00833. The number of aryl methyl sites for hydroxylation is 2. The maximum absolute atomic E-state index is 12.3. The predicted octanol–water partition coefficient (Wildman–Crippen LogP) is 2.51. The molecule has 2 aromatic carbocycles. The number of hydrogen-bond acceptors (Lipinski definition) is 6. The Morgan fingerprint density at radius 3 is 2.41 bits per heavy atom. The summed E-state index contributed by atoms with van der Waals surface area (Å²) in [4.78, 5) is 24.4. The van der Waals surface area contributed by atoms with Crippen LogP contribution in [0.2, 0.25) is 0 Å². The van der Waals surface area contributed by atoms with Crippen LogP contribution in [0.5, 0.6) is 5.75 Å². The maximum atomic E-state index is 12.3. The molecule has 2 aromatic rings. The first-order valence-corrected chi connectivity index (χ1v) is 9.93. The summed E-state index contributed by atoms with van der Waals surface area (Å²) >= 11 is 0. The number of ether oxygens (including phenoxy) is 2. The van der Waals surface area contributed by atoms with Gasteiger partial charge in [0, 0.05) is 6.26 Å². The summed E-state index contributed by atoms with van der Waals surface area (Å²) < 4.78 is 33.5. The molecule has 1 amide bonds. The lowest BCUT2D eigenvalue weighted by Crippen LogP contribution is -2.21. The van der Waals surface area contributed by atoms with Gasteiger partial charge in [-0.25, -0.2) is 13.2 Å². The first kappa shape index (κ1) is 20.4. The number of carbonyl (C=O) groups is 2. The molecule has 0 aliphatic heterocycles. The number of esters is 1. The zero-order valence-corrected chi connectivity index (χ0v) is 16.3. The van der Waals surface area contributed by atoms with Crippen molar-refractivity contribution < 1.29 is 27.5 Å². The number of amides is 1. The van der Waals surface area contributed by atoms with Crippen LogP contribution in [0.25, 0.3) is 0 Å². The number of benzene rings is 2. The lowest BCUT2D eigenvalue weighted by molar-refractivity contribution is -0.119. The van der Waals surface area contributed by atoms with Crippen molar-refractivity contribution in [1.29, 1.82) is 0 Å². The molecule has 0 atom stereocenters. The van der Waals surface area contributed by atoms with Crippen LogP contribution < -0.4 is 10.1 Å². The third-order valence-electron chi connectivity index (χ3n) is 3.82. The molecule has 144 valence electrons. The molecular weight excluding hydrogens is 370 g/mol. The average molecular weight is 391 g/mol. The van der Waals surface area contributed by atoms with Crippen molar-refractivity contribution in [3.63, 3.8) is 0 Å². The fourth-order valence-electron chi connectivity index (χ4n) is 2.37. The third kappa shape index (κ3) is 5.30. The van der Waals surface area contributed by atoms with E-state index < -0.39 is 28.3 Å². The van der Waals surface area contributed by atoms with Gasteiger partial charge in [0.2, 0.25) is 0 Å². The summed E-state index contributed by atoms with van der Waals surface area (Å²) in [5.41, 5.74) is 2.04. The van der Waals surface area contributed by atoms with Gasteiger partial charge < -0.3 is 14.8 Å². The summed E-state index contributed by atoms with van der Waals surface area (Å²) in [6, 6.07) is 9.47. The van der Waals surface area contributed by atoms with E-state index in [1.54, 1.807) is 19.1 Å². The number of anilines is 1. The summed E-state index contributed by atoms with van der Waals surface area (Å²) in [7, 11) is -1.98. The Bertz CT molecular complexity index is 982. The molecular formula is C19H21NO6S. The van der Waals surface area contributed by atoms with Gasteiger partial charge in [0.25, 0.3) is 5.91 Å². The van der Waals surface area contributed by atoms with Crippen LogP contribution in [0.1, 0.15) is 21.5 Å². The van der Waals surface area contributed by atoms with E-state index in [2.05, 4.69) is 5.32 Å². The summed E-state index contributed by atoms with van der Waals surface area (Å²) in [5.74, 6) is -0.828. The molecule has 0 saturated carbocycles. The van der Waals surface area contributed by atoms with Crippen molar-refractivity contribution in [2.45, 2.75) is 18.7 Å². The summed E-state index contributed by atoms with van der Waals surface area (Å²) in [6.07, 6.45) is 1.05. The Labute approximate surface area is 158 Å². The third-order valence-corrected chi connectivity index (χ3v) is 4.93. The molecule has 8 heteroatoms. The lowest BCUT2D eigenvalue weighted by atomic mass is 10.1. The Morgan fingerprint density at radius 1 is 1.07 bits per heavy atom. The molecule has 0 fully saturated rings. The minimum Gasteiger partial charge on any atom is -0.495 e. The zero-order valence-electron chi connectivity index (χ0n) is 15.5. The first-order valence-electron chi connectivity index (χ1n) is 8.04. The average Bonchev–Trinajstić information content (AvgIpc) is 2.59. The van der Waals surface area contributed by atoms with E-state index in [1.165, 1.54) is 25.3 Å². The van der Waals surface area contributed by atoms with Gasteiger partial charge in [-0.05, 0) is 49.2 Å². The van der Waals surface area contributed by atoms with Crippen LogP contribution in [0, 0.1) is 13.8 Å². The molecule has 0 unspecified atom stereocenters. The molecule has 0 bridgehead atoms. The van der Waals surface area contributed by atoms with Gasteiger partial charge >= 0.3 is 5.97 Å². The second-order valence-corrected chi connectivity index (χ2v) is 8.09. The molecule has 2 rings (SSSR count). The number of methoxy groups -OCH3 is 1. The van der Waals surface area contributed by atoms with Gasteiger partial charge in [-0.15, -0.1) is 0 Å². The Balaban J connectivity index is 2.08. The van der Waals surface area contributed by atoms with E-state index in [1.807, 2.05) is 13.0 Å². The van der Waals surface area contributed by atoms with Crippen molar-refractivity contribution in [1.82, 2.24) is 0 Å². The highest BCUT2D eigenvalue weighted by Crippen LogP contribution is 2.25. The molecule has 0 aliphatic carbocycles. The SMILES string of the molecule is COc1ccc(C)cc1NC(=O)COC(=O)c1cc(S(C)(=O)=O)ccc1C. The number of carbonyl (C=O) groups excluding carboxylic acids is 2. The minimum atomic E-state index is -3.46. The standard InChI is InChI=1S/C19H21NO6S/c1-12-5-8-17(25-3)16(9-12)20-18(21)11-26-19(22)15-10-14(27(4,23)24)7-6-13(15)2/h5-10H,11H2,1-4H3,(H,20,21). The highest BCUT2D eigenvalue weighted by Gasteiger charge is 2.17. The molecule has 0 spiro atoms. The monoisotopic (exact) mass is 391 g/mol. The summed E-state index contributed by atoms with van der Waals surface area (Å²) in [6.45, 7) is 3.01. The van der Waals surface area contributed by atoms with Gasteiger partial charge in [-0.3, -0.25) is 4.79 Å². The molecule has 0 aliphatic rings. The topological polar surface area (TPSA) is 98.8 Å². The van der Waals surface area contributed by atoms with Crippen molar-refractivity contribution in [2.24, 2.45) is 0 Å². The van der Waals surface area contributed by atoms with Gasteiger partial charge in [-0.2, -0.15) is 0 Å². The van der Waals surface area contributed by atoms with Gasteiger partial charge in [0.05, 0.1) is 23.3 Å². The highest BCUT2D eigenvalue weighted by atomic mass is 32.2. The molecule has 0 heterocycles. The van der Waals surface area contributed by atoms with Crippen LogP contribution in [0.15, 0.2) is 41.3 Å². The second-order valence-electron chi connectivity index (χ2n) is 6.08. The van der Waals surface area contributed by atoms with E-state index in [0.717, 1.165) is 11.8 Å². The fourth-order valence-corrected chi connectivity index (χ4v) is 3.01. The maximum Gasteiger partial charge on any atom is 0.338 e. The normalized spacial score (nSPS) is 11.0. The molecule has 0 saturated heterocycles. The first-order chi connectivity index (χ1) is 12.6. The van der Waals surface area contributed by atoms with Crippen molar-refractivity contribution >= 4 is 27.4 Å². The van der Waals surface area contributed by atoms with E-state index in [9.17, 15) is 18.0 Å². The molecule has 1 N–H and O–H groups in total. The number of nitrogens with one attached hydrogen (secondary N) is 1. The molecule has 27 heavy (non-hydrogen) atoms. The van der Waals surface area contributed by atoms with Gasteiger partial charge in [0.15, 0.2) is 16.4 Å². The molecule has 0 aromatic heterocycles. The van der Waals surface area contributed by atoms with E-state index in [4.69, 9.17) is 9.47 Å². The fraction of sp³-hybridized carbons (Fsp3) is 0.263. The largest absolute Gasteiger partial charge is 0.495 e. The number of hydrogen-bond donors (Lipinski definition) is 1. The van der Waals surface area contributed by atoms with Gasteiger partial charge in [-0.1, -0.05) is 12.1 Å². The highest BCUT2D eigenvalue weighted by molar-refractivity contribution is 7.90. The van der Waals surface area contributed by atoms with E-state index in [-0.39, 0.29) is 10.5 Å². The predicted molar refractivity (Wildman–Crippen MR) is 101 cm³/mol. The molecule has 0 radical (unpaired) electrons. The zero-order chi connectivity index (χ0) is 20.2. The second kappa shape index (κ2) is 8.22. The Hall–Kier alpha value is -2.87. The smallest absolute Gasteiger partial charge is 0.338 e. The summed E-state index contributed by atoms with van der Waals surface area (Å²) in [5, 5.41) is 2.62. The number of rotatable bonds is 6. The lowest BCUT2D eigenvalue weighted by Gasteiger charge is -2.12. The number of sulfone groups is 1. The Morgan fingerprint density at radius 2 is 1.78 bits per heavy atom. The van der Waals surface area contributed by atoms with Crippen LogP contribution >= 0.6 is 0 Å². The van der Waals surface area contributed by atoms with E-state index in [0.29, 0.717) is 17.0 Å². The van der Waals surface area contributed by atoms with Crippen molar-refractivity contribution in [3.8, 4) is 5.75 Å². The molecule has 7 nitrogen and oxygen atoms in total. The van der Waals surface area contributed by atoms with Gasteiger partial charge in [0.1, 0.15) is 5.75 Å². The van der Waals surface area contributed by atoms with Crippen LogP contribution in [-0.4, -0.2) is 40.3 Å². The Kier molecular flexibility index (Phi) is 6.22.